The van der Waals surface area contributed by atoms with E-state index in [1.54, 1.807) is 0 Å². The Morgan fingerprint density at radius 3 is 2.09 bits per heavy atom. The maximum atomic E-state index is 4.04. The number of aryl methyl sites for hydroxylation is 3. The highest BCUT2D eigenvalue weighted by molar-refractivity contribution is 6.11. The van der Waals surface area contributed by atoms with Crippen LogP contribution in [-0.4, -0.2) is 10.6 Å². The van der Waals surface area contributed by atoms with E-state index in [0.29, 0.717) is 0 Å². The molecule has 0 amide bonds. The first-order chi connectivity index (χ1) is 25.8. The van der Waals surface area contributed by atoms with Crippen molar-refractivity contribution < 1.29 is 0 Å². The summed E-state index contributed by atoms with van der Waals surface area (Å²) in [5, 5.41) is 2.58. The van der Waals surface area contributed by atoms with Gasteiger partial charge in [-0.25, -0.2) is 0 Å². The fourth-order valence-corrected chi connectivity index (χ4v) is 8.01. The van der Waals surface area contributed by atoms with Crippen LogP contribution in [-0.2, 0) is 0 Å². The van der Waals surface area contributed by atoms with Crippen molar-refractivity contribution in [3.8, 4) is 16.8 Å². The van der Waals surface area contributed by atoms with Crippen LogP contribution in [0.3, 0.4) is 0 Å². The zero-order valence-electron chi connectivity index (χ0n) is 31.9. The van der Waals surface area contributed by atoms with Crippen LogP contribution in [0.4, 0.5) is 5.69 Å². The Morgan fingerprint density at radius 1 is 0.774 bits per heavy atom. The smallest absolute Gasteiger partial charge is 0.0557 e. The van der Waals surface area contributed by atoms with Crippen LogP contribution in [0.5, 0.6) is 0 Å². The lowest BCUT2D eigenvalue weighted by Gasteiger charge is -2.36. The molecule has 2 aliphatic carbocycles. The molecule has 0 saturated heterocycles. The number of nitrogens with zero attached hydrogens (tertiary/aromatic N) is 2. The van der Waals surface area contributed by atoms with E-state index in [0.717, 1.165) is 19.3 Å². The zero-order valence-corrected chi connectivity index (χ0v) is 31.9. The van der Waals surface area contributed by atoms with Gasteiger partial charge in [0.15, 0.2) is 0 Å². The monoisotopic (exact) mass is 690 g/mol. The van der Waals surface area contributed by atoms with Gasteiger partial charge < -0.3 is 9.47 Å². The largest absolute Gasteiger partial charge is 0.338 e. The van der Waals surface area contributed by atoms with Crippen molar-refractivity contribution in [2.75, 3.05) is 4.90 Å². The molecule has 1 atom stereocenters. The fourth-order valence-electron chi connectivity index (χ4n) is 8.01. The third-order valence-electron chi connectivity index (χ3n) is 11.0. The van der Waals surface area contributed by atoms with Gasteiger partial charge in [-0.2, -0.15) is 0 Å². The molecule has 1 unspecified atom stereocenters. The van der Waals surface area contributed by atoms with Gasteiger partial charge >= 0.3 is 0 Å². The molecule has 4 aromatic carbocycles. The van der Waals surface area contributed by atoms with Gasteiger partial charge in [-0.05, 0) is 159 Å². The highest BCUT2D eigenvalue weighted by Crippen LogP contribution is 2.40. The maximum absolute atomic E-state index is 4.04. The molecule has 2 heteroatoms. The molecule has 0 radical (unpaired) electrons. The highest BCUT2D eigenvalue weighted by Gasteiger charge is 2.24. The lowest BCUT2D eigenvalue weighted by atomic mass is 9.91. The summed E-state index contributed by atoms with van der Waals surface area (Å²) in [5.74, 6) is 0. The van der Waals surface area contributed by atoms with Gasteiger partial charge in [0.1, 0.15) is 0 Å². The Labute approximate surface area is 316 Å². The Kier molecular flexibility index (Phi) is 10.3. The van der Waals surface area contributed by atoms with Crippen LogP contribution in [0, 0.1) is 20.8 Å². The Morgan fingerprint density at radius 2 is 1.47 bits per heavy atom. The highest BCUT2D eigenvalue weighted by atomic mass is 15.2. The van der Waals surface area contributed by atoms with Gasteiger partial charge in [-0.1, -0.05) is 104 Å². The average Bonchev–Trinajstić information content (AvgIpc) is 3.48. The molecule has 0 N–H and O–H groups in total. The van der Waals surface area contributed by atoms with Crippen LogP contribution < -0.4 is 4.90 Å². The Hall–Kier alpha value is -5.86. The van der Waals surface area contributed by atoms with E-state index in [1.807, 2.05) is 18.2 Å². The van der Waals surface area contributed by atoms with Crippen LogP contribution in [0.25, 0.3) is 38.6 Å². The number of para-hydroxylation sites is 1. The number of allylic oxidation sites excluding steroid dienone is 14. The van der Waals surface area contributed by atoms with Gasteiger partial charge in [0, 0.05) is 27.8 Å². The molecule has 264 valence electrons. The summed E-state index contributed by atoms with van der Waals surface area (Å²) >= 11 is 0. The van der Waals surface area contributed by atoms with E-state index in [1.165, 1.54) is 89.0 Å². The van der Waals surface area contributed by atoms with Gasteiger partial charge in [-0.3, -0.25) is 0 Å². The molecule has 2 nitrogen and oxygen atoms in total. The number of hydrogen-bond acceptors (Lipinski definition) is 1. The average molecular weight is 691 g/mol. The molecule has 1 heterocycles. The SMILES string of the molecule is C=C/C=C\C(=C/C)C1=CC=C(N(c2ccc(-c3cc4c5cc(C)c(C)cc5n(-c5ccccc5)c4cc3C)cc2)C2C=CC(/C(C=C)=C/C)=CC2)CC1. The minimum absolute atomic E-state index is 0.212. The summed E-state index contributed by atoms with van der Waals surface area (Å²) in [6.07, 6.45) is 26.8. The maximum Gasteiger partial charge on any atom is 0.0557 e. The molecule has 1 aromatic heterocycles. The molecule has 0 bridgehead atoms. The molecule has 0 saturated carbocycles. The molecular formula is C51H50N2. The lowest BCUT2D eigenvalue weighted by Crippen LogP contribution is -2.34. The molecule has 0 spiro atoms. The standard InChI is InChI=1S/C51H50N2/c1-8-12-16-39(11-4)41-21-27-45(28-22-41)52(44-25-19-40(20-26-44)38(9-2)10-3)46-29-23-42(24-30-46)47-34-49-48-31-35(5)36(6)32-50(48)53(51(49)33-37(47)7)43-17-14-13-15-18-43/h8-21,23-25,27,29-34,44H,1-2,22,26,28H2,3-7H3/b16-12-,38-10+,39-11+. The summed E-state index contributed by atoms with van der Waals surface area (Å²) in [6.45, 7) is 18.8. The first kappa shape index (κ1) is 35.5. The lowest BCUT2D eigenvalue weighted by molar-refractivity contribution is 0.713. The van der Waals surface area contributed by atoms with Crippen molar-refractivity contribution in [2.24, 2.45) is 0 Å². The quantitative estimate of drug-likeness (QED) is 0.132. The van der Waals surface area contributed by atoms with Crippen molar-refractivity contribution in [1.82, 2.24) is 4.57 Å². The number of hydrogen-bond donors (Lipinski definition) is 0. The predicted molar refractivity (Wildman–Crippen MR) is 231 cm³/mol. The van der Waals surface area contributed by atoms with Crippen molar-refractivity contribution in [1.29, 1.82) is 0 Å². The van der Waals surface area contributed by atoms with Gasteiger partial charge in [0.05, 0.1) is 17.1 Å². The fraction of sp³-hybridized carbons (Fsp3) is 0.176. The topological polar surface area (TPSA) is 8.17 Å². The molecule has 7 rings (SSSR count). The van der Waals surface area contributed by atoms with Gasteiger partial charge in [0.25, 0.3) is 0 Å². The van der Waals surface area contributed by atoms with E-state index in [-0.39, 0.29) is 6.04 Å². The first-order valence-corrected chi connectivity index (χ1v) is 18.9. The normalized spacial score (nSPS) is 16.5. The molecule has 2 aliphatic rings. The van der Waals surface area contributed by atoms with E-state index in [2.05, 4.69) is 185 Å². The number of fused-ring (bicyclic) bond motifs is 3. The van der Waals surface area contributed by atoms with Crippen molar-refractivity contribution in [3.63, 3.8) is 0 Å². The van der Waals surface area contributed by atoms with E-state index in [4.69, 9.17) is 0 Å². The number of aromatic nitrogens is 1. The van der Waals surface area contributed by atoms with Crippen LogP contribution in [0.2, 0.25) is 0 Å². The summed E-state index contributed by atoms with van der Waals surface area (Å²) in [7, 11) is 0. The van der Waals surface area contributed by atoms with Crippen LogP contribution >= 0.6 is 0 Å². The van der Waals surface area contributed by atoms with Crippen LogP contribution in [0.15, 0.2) is 187 Å². The molecular weight excluding hydrogens is 641 g/mol. The van der Waals surface area contributed by atoms with Crippen molar-refractivity contribution >= 4 is 27.5 Å². The van der Waals surface area contributed by atoms with Crippen molar-refractivity contribution in [2.45, 2.75) is 59.9 Å². The van der Waals surface area contributed by atoms with E-state index >= 15 is 0 Å². The Bertz CT molecular complexity index is 2430. The molecule has 0 fully saturated rings. The number of rotatable bonds is 10. The number of anilines is 1. The third kappa shape index (κ3) is 6.90. The van der Waals surface area contributed by atoms with E-state index in [9.17, 15) is 0 Å². The minimum Gasteiger partial charge on any atom is -0.338 e. The second-order valence-electron chi connectivity index (χ2n) is 14.2. The van der Waals surface area contributed by atoms with E-state index < -0.39 is 0 Å². The predicted octanol–water partition coefficient (Wildman–Crippen LogP) is 13.9. The second kappa shape index (κ2) is 15.4. The van der Waals surface area contributed by atoms with Crippen LogP contribution in [0.1, 0.15) is 49.8 Å². The molecule has 53 heavy (non-hydrogen) atoms. The third-order valence-corrected chi connectivity index (χ3v) is 11.0. The van der Waals surface area contributed by atoms with Gasteiger partial charge in [-0.15, -0.1) is 0 Å². The van der Waals surface area contributed by atoms with Gasteiger partial charge in [0.2, 0.25) is 0 Å². The molecule has 0 aliphatic heterocycles. The Balaban J connectivity index is 1.29. The summed E-state index contributed by atoms with van der Waals surface area (Å²) in [4.78, 5) is 2.55. The number of benzene rings is 4. The summed E-state index contributed by atoms with van der Waals surface area (Å²) in [6, 6.07) is 29.7. The summed E-state index contributed by atoms with van der Waals surface area (Å²) in [5.41, 5.74) is 17.7. The minimum atomic E-state index is 0.212. The summed E-state index contributed by atoms with van der Waals surface area (Å²) < 4.78 is 2.42. The zero-order chi connectivity index (χ0) is 37.1. The van der Waals surface area contributed by atoms with Crippen molar-refractivity contribution in [3.05, 3.63) is 204 Å². The first-order valence-electron chi connectivity index (χ1n) is 18.9. The second-order valence-corrected chi connectivity index (χ2v) is 14.2. The molecule has 5 aromatic rings.